The third-order valence-electron chi connectivity index (χ3n) is 4.91. The molecule has 1 saturated carbocycles. The zero-order valence-corrected chi connectivity index (χ0v) is 18.5. The van der Waals surface area contributed by atoms with E-state index in [2.05, 4.69) is 27.4 Å². The number of anilines is 1. The molecule has 1 aliphatic heterocycles. The van der Waals surface area contributed by atoms with E-state index in [1.807, 2.05) is 6.07 Å². The van der Waals surface area contributed by atoms with E-state index in [1.165, 1.54) is 18.9 Å². The highest BCUT2D eigenvalue weighted by molar-refractivity contribution is 14.0. The number of ether oxygens (including phenoxy) is 1. The Morgan fingerprint density at radius 2 is 2.04 bits per heavy atom. The number of nitrogens with one attached hydrogen (secondary N) is 2. The number of nitrogens with zero attached hydrogens (tertiary/aromatic N) is 2. The topological polar surface area (TPSA) is 48.9 Å². The summed E-state index contributed by atoms with van der Waals surface area (Å²) in [5, 5.41) is 6.85. The summed E-state index contributed by atoms with van der Waals surface area (Å²) in [6, 6.07) is 7.25. The Balaban J connectivity index is 0.00000261. The van der Waals surface area contributed by atoms with Gasteiger partial charge < -0.3 is 20.3 Å². The van der Waals surface area contributed by atoms with E-state index in [9.17, 15) is 4.39 Å². The third-order valence-corrected chi connectivity index (χ3v) is 4.91. The molecule has 2 N–H and O–H groups in total. The minimum atomic E-state index is -0.173. The summed E-state index contributed by atoms with van der Waals surface area (Å²) in [5.74, 6) is 1.49. The number of guanidine groups is 1. The van der Waals surface area contributed by atoms with Crippen molar-refractivity contribution in [2.24, 2.45) is 10.9 Å². The number of piperidine rings is 1. The van der Waals surface area contributed by atoms with E-state index >= 15 is 0 Å². The zero-order chi connectivity index (χ0) is 18.2. The number of aliphatic imine (C=N–C) groups is 1. The number of rotatable bonds is 8. The molecule has 152 valence electrons. The van der Waals surface area contributed by atoms with E-state index in [1.54, 1.807) is 12.1 Å². The van der Waals surface area contributed by atoms with Crippen LogP contribution in [0, 0.1) is 11.7 Å². The molecule has 0 radical (unpaired) electrons. The second-order valence-electron chi connectivity index (χ2n) is 7.16. The van der Waals surface area contributed by atoms with Crippen LogP contribution in [0.4, 0.5) is 10.1 Å². The lowest BCUT2D eigenvalue weighted by atomic mass is 10.0. The van der Waals surface area contributed by atoms with Gasteiger partial charge in [-0.3, -0.25) is 4.99 Å². The van der Waals surface area contributed by atoms with Crippen molar-refractivity contribution in [3.63, 3.8) is 0 Å². The van der Waals surface area contributed by atoms with Crippen molar-refractivity contribution in [1.82, 2.24) is 10.6 Å². The SMILES string of the molecule is CCNC(=NCCOCC1CC1)NC1CCN(c2cccc(F)c2)CC1.I. The summed E-state index contributed by atoms with van der Waals surface area (Å²) < 4.78 is 19.1. The molecule has 0 spiro atoms. The normalized spacial score (nSPS) is 18.1. The van der Waals surface area contributed by atoms with E-state index in [0.717, 1.165) is 56.6 Å². The largest absolute Gasteiger partial charge is 0.379 e. The van der Waals surface area contributed by atoms with Gasteiger partial charge >= 0.3 is 0 Å². The average molecular weight is 490 g/mol. The monoisotopic (exact) mass is 490 g/mol. The van der Waals surface area contributed by atoms with Gasteiger partial charge in [-0.05, 0) is 56.7 Å². The molecule has 1 heterocycles. The van der Waals surface area contributed by atoms with Gasteiger partial charge in [0.05, 0.1) is 13.2 Å². The molecule has 0 bridgehead atoms. The van der Waals surface area contributed by atoms with Crippen molar-refractivity contribution >= 4 is 35.6 Å². The molecule has 0 amide bonds. The molecule has 1 aliphatic carbocycles. The summed E-state index contributed by atoms with van der Waals surface area (Å²) >= 11 is 0. The molecule has 0 unspecified atom stereocenters. The summed E-state index contributed by atoms with van der Waals surface area (Å²) in [6.07, 6.45) is 4.67. The minimum absolute atomic E-state index is 0. The van der Waals surface area contributed by atoms with Crippen molar-refractivity contribution in [1.29, 1.82) is 0 Å². The van der Waals surface area contributed by atoms with Crippen molar-refractivity contribution in [2.75, 3.05) is 44.3 Å². The van der Waals surface area contributed by atoms with E-state index in [-0.39, 0.29) is 29.8 Å². The van der Waals surface area contributed by atoms with Crippen LogP contribution in [0.3, 0.4) is 0 Å². The second-order valence-corrected chi connectivity index (χ2v) is 7.16. The molecule has 1 saturated heterocycles. The smallest absolute Gasteiger partial charge is 0.191 e. The van der Waals surface area contributed by atoms with Crippen molar-refractivity contribution < 1.29 is 9.13 Å². The lowest BCUT2D eigenvalue weighted by Crippen LogP contribution is -2.48. The highest BCUT2D eigenvalue weighted by Gasteiger charge is 2.21. The van der Waals surface area contributed by atoms with E-state index in [4.69, 9.17) is 4.74 Å². The summed E-state index contributed by atoms with van der Waals surface area (Å²) in [4.78, 5) is 6.87. The number of halogens is 2. The van der Waals surface area contributed by atoms with Crippen LogP contribution in [0.1, 0.15) is 32.6 Å². The molecule has 1 aromatic rings. The molecule has 2 fully saturated rings. The molecule has 27 heavy (non-hydrogen) atoms. The predicted octanol–water partition coefficient (Wildman–Crippen LogP) is 3.39. The fourth-order valence-electron chi connectivity index (χ4n) is 3.22. The second kappa shape index (κ2) is 11.7. The van der Waals surface area contributed by atoms with Gasteiger partial charge in [0.25, 0.3) is 0 Å². The Hall–Kier alpha value is -1.09. The standard InChI is InChI=1S/C20H31FN4O.HI/c1-2-22-20(23-10-13-26-15-16-6-7-16)24-18-8-11-25(12-9-18)19-5-3-4-17(21)14-19;/h3-5,14,16,18H,2,6-13,15H2,1H3,(H2,22,23,24);1H. The first-order chi connectivity index (χ1) is 12.7. The minimum Gasteiger partial charge on any atom is -0.379 e. The van der Waals surface area contributed by atoms with Gasteiger partial charge in [-0.25, -0.2) is 4.39 Å². The summed E-state index contributed by atoms with van der Waals surface area (Å²) in [5.41, 5.74) is 0.969. The molecule has 0 aromatic heterocycles. The summed E-state index contributed by atoms with van der Waals surface area (Å²) in [6.45, 7) is 7.02. The Morgan fingerprint density at radius 3 is 2.70 bits per heavy atom. The van der Waals surface area contributed by atoms with Crippen LogP contribution in [-0.2, 0) is 4.74 Å². The molecule has 3 rings (SSSR count). The predicted molar refractivity (Wildman–Crippen MR) is 120 cm³/mol. The molecule has 2 aliphatic rings. The maximum absolute atomic E-state index is 13.4. The van der Waals surface area contributed by atoms with Gasteiger partial charge in [-0.15, -0.1) is 24.0 Å². The van der Waals surface area contributed by atoms with Crippen LogP contribution in [0.25, 0.3) is 0 Å². The maximum Gasteiger partial charge on any atom is 0.191 e. The Labute approximate surface area is 179 Å². The van der Waals surface area contributed by atoms with Crippen molar-refractivity contribution in [2.45, 2.75) is 38.6 Å². The van der Waals surface area contributed by atoms with Gasteiger partial charge in [-0.2, -0.15) is 0 Å². The van der Waals surface area contributed by atoms with Crippen LogP contribution in [0.15, 0.2) is 29.3 Å². The average Bonchev–Trinajstić information content (AvgIpc) is 3.46. The van der Waals surface area contributed by atoms with Crippen LogP contribution in [-0.4, -0.2) is 51.4 Å². The first kappa shape index (κ1) is 22.2. The van der Waals surface area contributed by atoms with Gasteiger partial charge in [-0.1, -0.05) is 6.07 Å². The lowest BCUT2D eigenvalue weighted by molar-refractivity contribution is 0.131. The Morgan fingerprint density at radius 1 is 1.26 bits per heavy atom. The quantitative estimate of drug-likeness (QED) is 0.254. The number of benzene rings is 1. The summed E-state index contributed by atoms with van der Waals surface area (Å²) in [7, 11) is 0. The first-order valence-corrected chi connectivity index (χ1v) is 9.87. The van der Waals surface area contributed by atoms with Crippen molar-refractivity contribution in [3.05, 3.63) is 30.1 Å². The number of hydrogen-bond acceptors (Lipinski definition) is 3. The molecule has 1 aromatic carbocycles. The maximum atomic E-state index is 13.4. The third kappa shape index (κ3) is 7.81. The fraction of sp³-hybridized carbons (Fsp3) is 0.650. The Kier molecular flexibility index (Phi) is 9.61. The van der Waals surface area contributed by atoms with Gasteiger partial charge in [0.2, 0.25) is 0 Å². The molecule has 7 heteroatoms. The first-order valence-electron chi connectivity index (χ1n) is 9.87. The molecular weight excluding hydrogens is 458 g/mol. The fourth-order valence-corrected chi connectivity index (χ4v) is 3.22. The highest BCUT2D eigenvalue weighted by atomic mass is 127. The number of hydrogen-bond donors (Lipinski definition) is 2. The van der Waals surface area contributed by atoms with E-state index in [0.29, 0.717) is 19.2 Å². The highest BCUT2D eigenvalue weighted by Crippen LogP contribution is 2.28. The van der Waals surface area contributed by atoms with Gasteiger partial charge in [0.15, 0.2) is 5.96 Å². The van der Waals surface area contributed by atoms with Crippen LogP contribution < -0.4 is 15.5 Å². The lowest BCUT2D eigenvalue weighted by Gasteiger charge is -2.34. The van der Waals surface area contributed by atoms with Gasteiger partial charge in [0, 0.05) is 38.0 Å². The van der Waals surface area contributed by atoms with Crippen LogP contribution >= 0.6 is 24.0 Å². The molecular formula is C20H32FIN4O. The van der Waals surface area contributed by atoms with Crippen LogP contribution in [0.5, 0.6) is 0 Å². The Bertz CT molecular complexity index is 589. The molecule has 5 nitrogen and oxygen atoms in total. The van der Waals surface area contributed by atoms with E-state index < -0.39 is 0 Å². The molecule has 0 atom stereocenters. The zero-order valence-electron chi connectivity index (χ0n) is 16.1. The van der Waals surface area contributed by atoms with Crippen molar-refractivity contribution in [3.8, 4) is 0 Å². The van der Waals surface area contributed by atoms with Gasteiger partial charge in [0.1, 0.15) is 5.82 Å². The van der Waals surface area contributed by atoms with Crippen LogP contribution in [0.2, 0.25) is 0 Å².